The van der Waals surface area contributed by atoms with Gasteiger partial charge in [-0.1, -0.05) is 18.2 Å². The van der Waals surface area contributed by atoms with Crippen molar-refractivity contribution in [1.29, 1.82) is 0 Å². The number of ether oxygens (including phenoxy) is 1. The van der Waals surface area contributed by atoms with Crippen molar-refractivity contribution in [2.45, 2.75) is 26.1 Å². The summed E-state index contributed by atoms with van der Waals surface area (Å²) in [6.07, 6.45) is 0. The zero-order valence-corrected chi connectivity index (χ0v) is 15.7. The van der Waals surface area contributed by atoms with Crippen LogP contribution < -0.4 is 15.0 Å². The van der Waals surface area contributed by atoms with Crippen LogP contribution in [0.5, 0.6) is 5.75 Å². The van der Waals surface area contributed by atoms with Crippen molar-refractivity contribution in [2.24, 2.45) is 0 Å². The van der Waals surface area contributed by atoms with Crippen LogP contribution in [0, 0.1) is 0 Å². The lowest BCUT2D eigenvalue weighted by Crippen LogP contribution is -3.08. The lowest BCUT2D eigenvalue weighted by Gasteiger charge is -2.16. The number of quaternary nitrogens is 1. The van der Waals surface area contributed by atoms with Crippen molar-refractivity contribution < 1.29 is 27.6 Å². The Hall–Kier alpha value is -2.93. The molecule has 1 aromatic heterocycles. The highest BCUT2D eigenvalue weighted by Gasteiger charge is 2.17. The second-order valence-corrected chi connectivity index (χ2v) is 6.81. The molecule has 1 heterocycles. The van der Waals surface area contributed by atoms with Crippen molar-refractivity contribution in [3.05, 3.63) is 65.9 Å². The number of halogens is 2. The monoisotopic (exact) mass is 389 g/mol. The number of hydrogen-bond acceptors (Lipinski definition) is 3. The zero-order chi connectivity index (χ0) is 20.1. The Morgan fingerprint density at radius 3 is 2.57 bits per heavy atom. The number of para-hydroxylation sites is 1. The summed E-state index contributed by atoms with van der Waals surface area (Å²) < 4.78 is 34.5. The van der Waals surface area contributed by atoms with Gasteiger partial charge >= 0.3 is 6.61 Å². The molecule has 2 atom stereocenters. The Labute approximate surface area is 161 Å². The topological polar surface area (TPSA) is 55.9 Å². The average Bonchev–Trinajstić information content (AvgIpc) is 3.07. The molecule has 5 nitrogen and oxygen atoms in total. The van der Waals surface area contributed by atoms with Crippen LogP contribution >= 0.6 is 0 Å². The number of carbonyl (C=O) groups excluding carboxylic acids is 1. The number of amides is 1. The van der Waals surface area contributed by atoms with E-state index in [-0.39, 0.29) is 24.2 Å². The number of furan rings is 1. The van der Waals surface area contributed by atoms with E-state index in [2.05, 4.69) is 10.1 Å². The van der Waals surface area contributed by atoms with Crippen LogP contribution in [0.1, 0.15) is 24.3 Å². The van der Waals surface area contributed by atoms with Gasteiger partial charge in [-0.2, -0.15) is 8.78 Å². The maximum atomic E-state index is 12.3. The van der Waals surface area contributed by atoms with Gasteiger partial charge in [0.2, 0.25) is 0 Å². The van der Waals surface area contributed by atoms with E-state index in [1.807, 2.05) is 44.3 Å². The van der Waals surface area contributed by atoms with Crippen LogP contribution in [0.2, 0.25) is 0 Å². The fraction of sp³-hybridized carbons (Fsp3) is 0.286. The predicted molar refractivity (Wildman–Crippen MR) is 101 cm³/mol. The summed E-state index contributed by atoms with van der Waals surface area (Å²) >= 11 is 0. The summed E-state index contributed by atoms with van der Waals surface area (Å²) in [4.78, 5) is 13.3. The maximum Gasteiger partial charge on any atom is 0.387 e. The highest BCUT2D eigenvalue weighted by Crippen LogP contribution is 2.23. The third kappa shape index (κ3) is 5.29. The largest absolute Gasteiger partial charge is 0.459 e. The van der Waals surface area contributed by atoms with E-state index in [0.29, 0.717) is 12.3 Å². The van der Waals surface area contributed by atoms with Gasteiger partial charge in [-0.3, -0.25) is 4.79 Å². The Kier molecular flexibility index (Phi) is 6.26. The van der Waals surface area contributed by atoms with Gasteiger partial charge in [0.25, 0.3) is 5.91 Å². The fourth-order valence-corrected chi connectivity index (χ4v) is 3.05. The van der Waals surface area contributed by atoms with E-state index < -0.39 is 6.61 Å². The van der Waals surface area contributed by atoms with Crippen molar-refractivity contribution >= 4 is 16.9 Å². The molecule has 3 aromatic rings. The summed E-state index contributed by atoms with van der Waals surface area (Å²) in [6.45, 7) is -0.0925. The first-order valence-electron chi connectivity index (χ1n) is 9.03. The molecule has 0 aliphatic carbocycles. The number of likely N-dealkylation sites (N-methyl/N-ethyl adjacent to an activating group) is 1. The van der Waals surface area contributed by atoms with Crippen LogP contribution in [0.25, 0.3) is 11.0 Å². The number of nitrogens with one attached hydrogen (secondary N) is 2. The molecule has 3 rings (SSSR count). The minimum absolute atomic E-state index is 0.0943. The average molecular weight is 389 g/mol. The highest BCUT2D eigenvalue weighted by molar-refractivity contribution is 5.79. The van der Waals surface area contributed by atoms with Gasteiger partial charge in [0.15, 0.2) is 6.54 Å². The van der Waals surface area contributed by atoms with E-state index in [1.165, 1.54) is 12.1 Å². The molecule has 0 saturated carbocycles. The first-order chi connectivity index (χ1) is 13.4. The lowest BCUT2D eigenvalue weighted by atomic mass is 10.2. The maximum absolute atomic E-state index is 12.3. The number of hydrogen-bond donors (Lipinski definition) is 2. The third-order valence-electron chi connectivity index (χ3n) is 4.37. The molecule has 0 fully saturated rings. The minimum Gasteiger partial charge on any atom is -0.459 e. The van der Waals surface area contributed by atoms with Crippen LogP contribution in [-0.4, -0.2) is 26.1 Å². The number of benzene rings is 2. The summed E-state index contributed by atoms with van der Waals surface area (Å²) in [6, 6.07) is 15.8. The molecule has 0 radical (unpaired) electrons. The quantitative estimate of drug-likeness (QED) is 0.623. The summed E-state index contributed by atoms with van der Waals surface area (Å²) in [7, 11) is 1.90. The van der Waals surface area contributed by atoms with Gasteiger partial charge in [0.1, 0.15) is 23.6 Å². The molecular weight excluding hydrogens is 366 g/mol. The third-order valence-corrected chi connectivity index (χ3v) is 4.37. The highest BCUT2D eigenvalue weighted by atomic mass is 19.3. The second-order valence-electron chi connectivity index (χ2n) is 6.81. The van der Waals surface area contributed by atoms with Gasteiger partial charge in [-0.15, -0.1) is 0 Å². The van der Waals surface area contributed by atoms with Gasteiger partial charge in [-0.05, 0) is 43.3 Å². The Bertz CT molecular complexity index is 892. The molecule has 0 aliphatic rings. The molecule has 1 amide bonds. The van der Waals surface area contributed by atoms with Crippen LogP contribution in [0.15, 0.2) is 59.0 Å². The van der Waals surface area contributed by atoms with E-state index in [9.17, 15) is 13.6 Å². The number of alkyl halides is 2. The second kappa shape index (κ2) is 8.84. The molecule has 0 spiro atoms. The standard InChI is InChI=1S/C21H22F2N2O3/c1-14(19-11-16-5-3-4-6-18(16)28-19)24-20(26)13-25(2)12-15-7-9-17(10-8-15)27-21(22)23/h3-11,14,21H,12-13H2,1-2H3,(H,24,26)/p+1/t14-/m0/s1. The SMILES string of the molecule is C[C@H](NC(=O)C[NH+](C)Cc1ccc(OC(F)F)cc1)c1cc2ccccc2o1. The normalized spacial score (nSPS) is 13.5. The lowest BCUT2D eigenvalue weighted by molar-refractivity contribution is -0.885. The number of rotatable bonds is 8. The molecule has 148 valence electrons. The molecule has 0 bridgehead atoms. The van der Waals surface area contributed by atoms with Crippen molar-refractivity contribution in [1.82, 2.24) is 5.32 Å². The van der Waals surface area contributed by atoms with Gasteiger partial charge in [-0.25, -0.2) is 0 Å². The van der Waals surface area contributed by atoms with Crippen molar-refractivity contribution in [3.8, 4) is 5.75 Å². The first-order valence-corrected chi connectivity index (χ1v) is 9.03. The Morgan fingerprint density at radius 2 is 1.89 bits per heavy atom. The Morgan fingerprint density at radius 1 is 1.18 bits per heavy atom. The van der Waals surface area contributed by atoms with Crippen molar-refractivity contribution in [3.63, 3.8) is 0 Å². The zero-order valence-electron chi connectivity index (χ0n) is 15.7. The predicted octanol–water partition coefficient (Wildman–Crippen LogP) is 2.93. The molecule has 0 aliphatic heterocycles. The molecule has 2 N–H and O–H groups in total. The van der Waals surface area contributed by atoms with Crippen LogP contribution in [0.3, 0.4) is 0 Å². The molecule has 0 saturated heterocycles. The number of fused-ring (bicyclic) bond motifs is 1. The Balaban J connectivity index is 1.50. The fourth-order valence-electron chi connectivity index (χ4n) is 3.05. The molecule has 1 unspecified atom stereocenters. The van der Waals surface area contributed by atoms with Crippen LogP contribution in [0.4, 0.5) is 8.78 Å². The molecule has 2 aromatic carbocycles. The van der Waals surface area contributed by atoms with E-state index in [4.69, 9.17) is 4.42 Å². The van der Waals surface area contributed by atoms with Crippen LogP contribution in [-0.2, 0) is 11.3 Å². The van der Waals surface area contributed by atoms with Crippen molar-refractivity contribution in [2.75, 3.05) is 13.6 Å². The molecule has 7 heteroatoms. The van der Waals surface area contributed by atoms with E-state index >= 15 is 0 Å². The summed E-state index contributed by atoms with van der Waals surface area (Å²) in [5, 5.41) is 3.95. The smallest absolute Gasteiger partial charge is 0.387 e. The number of carbonyl (C=O) groups is 1. The minimum atomic E-state index is -2.84. The van der Waals surface area contributed by atoms with E-state index in [1.54, 1.807) is 12.1 Å². The molecule has 28 heavy (non-hydrogen) atoms. The molecular formula is C21H23F2N2O3+. The first kappa shape index (κ1) is 19.8. The van der Waals surface area contributed by atoms with E-state index in [0.717, 1.165) is 21.4 Å². The summed E-state index contributed by atoms with van der Waals surface area (Å²) in [5.74, 6) is 0.735. The van der Waals surface area contributed by atoms with Gasteiger partial charge in [0.05, 0.1) is 13.1 Å². The van der Waals surface area contributed by atoms with Gasteiger partial charge < -0.3 is 19.4 Å². The summed E-state index contributed by atoms with van der Waals surface area (Å²) in [5.41, 5.74) is 1.72. The van der Waals surface area contributed by atoms with Gasteiger partial charge in [0, 0.05) is 10.9 Å².